The van der Waals surface area contributed by atoms with Gasteiger partial charge in [-0.1, -0.05) is 37.5 Å². The van der Waals surface area contributed by atoms with Crippen molar-refractivity contribution in [2.45, 2.75) is 51.2 Å². The zero-order valence-electron chi connectivity index (χ0n) is 16.8. The molecular weight excluding hydrogens is 368 g/mol. The van der Waals surface area contributed by atoms with E-state index in [2.05, 4.69) is 23.3 Å². The highest BCUT2D eigenvalue weighted by molar-refractivity contribution is 5.93. The molecule has 154 valence electrons. The molecule has 0 radical (unpaired) electrons. The van der Waals surface area contributed by atoms with E-state index in [0.717, 1.165) is 17.8 Å². The summed E-state index contributed by atoms with van der Waals surface area (Å²) in [4.78, 5) is 24.7. The zero-order valence-corrected chi connectivity index (χ0v) is 16.8. The standard InChI is InChI=1S/C22H28N4O3/c1-25(19-8-3-2-4-9-19)15-18-7-5-6-10-20(18)24-14-17-12-11-16(22(23)27)13-21(17)26(28)29/h5-7,10-13,19,24H,2-4,8-9,14-15H2,1H3,(H2,23,27). The van der Waals surface area contributed by atoms with Crippen LogP contribution in [0.4, 0.5) is 11.4 Å². The summed E-state index contributed by atoms with van der Waals surface area (Å²) in [7, 11) is 2.17. The first kappa shape index (κ1) is 20.8. The lowest BCUT2D eigenvalue weighted by Crippen LogP contribution is -2.33. The minimum absolute atomic E-state index is 0.106. The van der Waals surface area contributed by atoms with Crippen molar-refractivity contribution in [1.82, 2.24) is 4.90 Å². The Bertz CT molecular complexity index is 878. The molecule has 0 heterocycles. The van der Waals surface area contributed by atoms with Gasteiger partial charge < -0.3 is 11.1 Å². The maximum atomic E-state index is 11.4. The van der Waals surface area contributed by atoms with Crippen LogP contribution < -0.4 is 11.1 Å². The highest BCUT2D eigenvalue weighted by Crippen LogP contribution is 2.26. The average Bonchev–Trinajstić information content (AvgIpc) is 2.73. The molecule has 7 nitrogen and oxygen atoms in total. The third kappa shape index (κ3) is 5.32. The third-order valence-corrected chi connectivity index (χ3v) is 5.67. The van der Waals surface area contributed by atoms with Crippen LogP contribution in [0, 0.1) is 10.1 Å². The Labute approximate surface area is 171 Å². The first-order valence-corrected chi connectivity index (χ1v) is 10.0. The summed E-state index contributed by atoms with van der Waals surface area (Å²) < 4.78 is 0. The van der Waals surface area contributed by atoms with Crippen LogP contribution >= 0.6 is 0 Å². The van der Waals surface area contributed by atoms with Crippen LogP contribution in [0.3, 0.4) is 0 Å². The van der Waals surface area contributed by atoms with Crippen molar-refractivity contribution < 1.29 is 9.72 Å². The number of carbonyl (C=O) groups excluding carboxylic acids is 1. The summed E-state index contributed by atoms with van der Waals surface area (Å²) in [6, 6.07) is 13.0. The number of nitro benzene ring substituents is 1. The molecule has 2 aromatic rings. The van der Waals surface area contributed by atoms with Crippen molar-refractivity contribution in [1.29, 1.82) is 0 Å². The highest BCUT2D eigenvalue weighted by Gasteiger charge is 2.20. The number of nitrogens with one attached hydrogen (secondary N) is 1. The van der Waals surface area contributed by atoms with Gasteiger partial charge >= 0.3 is 0 Å². The number of rotatable bonds is 8. The maximum Gasteiger partial charge on any atom is 0.275 e. The van der Waals surface area contributed by atoms with Gasteiger partial charge in [0.2, 0.25) is 5.91 Å². The van der Waals surface area contributed by atoms with Gasteiger partial charge in [-0.3, -0.25) is 19.8 Å². The number of benzene rings is 2. The molecule has 1 amide bonds. The second-order valence-corrected chi connectivity index (χ2v) is 7.68. The van der Waals surface area contributed by atoms with Crippen LogP contribution in [0.25, 0.3) is 0 Å². The summed E-state index contributed by atoms with van der Waals surface area (Å²) in [5.41, 5.74) is 7.91. The smallest absolute Gasteiger partial charge is 0.275 e. The number of carbonyl (C=O) groups is 1. The molecule has 1 aliphatic rings. The van der Waals surface area contributed by atoms with E-state index in [9.17, 15) is 14.9 Å². The topological polar surface area (TPSA) is 102 Å². The van der Waals surface area contributed by atoms with Gasteiger partial charge in [0.15, 0.2) is 0 Å². The van der Waals surface area contributed by atoms with Crippen LogP contribution in [0.2, 0.25) is 0 Å². The average molecular weight is 396 g/mol. The summed E-state index contributed by atoms with van der Waals surface area (Å²) in [5.74, 6) is -0.677. The van der Waals surface area contributed by atoms with Crippen LogP contribution in [0.1, 0.15) is 53.6 Å². The van der Waals surface area contributed by atoms with E-state index in [1.807, 2.05) is 18.2 Å². The normalized spacial score (nSPS) is 14.7. The second-order valence-electron chi connectivity index (χ2n) is 7.68. The molecule has 29 heavy (non-hydrogen) atoms. The summed E-state index contributed by atoms with van der Waals surface area (Å²) >= 11 is 0. The summed E-state index contributed by atoms with van der Waals surface area (Å²) in [6.07, 6.45) is 6.39. The van der Waals surface area contributed by atoms with Crippen LogP contribution in [0.15, 0.2) is 42.5 Å². The monoisotopic (exact) mass is 396 g/mol. The minimum atomic E-state index is -0.677. The van der Waals surface area contributed by atoms with Gasteiger partial charge in [0.1, 0.15) is 0 Å². The van der Waals surface area contributed by atoms with E-state index in [1.165, 1.54) is 44.2 Å². The Hall–Kier alpha value is -2.93. The SMILES string of the molecule is CN(Cc1ccccc1NCc1ccc(C(N)=O)cc1[N+](=O)[O-])C1CCCCC1. The Morgan fingerprint density at radius 2 is 1.90 bits per heavy atom. The number of para-hydroxylation sites is 1. The quantitative estimate of drug-likeness (QED) is 0.517. The van der Waals surface area contributed by atoms with Gasteiger partial charge in [-0.05, 0) is 43.7 Å². The number of nitro groups is 1. The lowest BCUT2D eigenvalue weighted by Gasteiger charge is -2.31. The number of anilines is 1. The zero-order chi connectivity index (χ0) is 20.8. The molecule has 2 aromatic carbocycles. The van der Waals surface area contributed by atoms with Gasteiger partial charge in [0.05, 0.1) is 4.92 Å². The largest absolute Gasteiger partial charge is 0.380 e. The molecule has 0 saturated heterocycles. The molecule has 0 unspecified atom stereocenters. The highest BCUT2D eigenvalue weighted by atomic mass is 16.6. The Balaban J connectivity index is 1.73. The second kappa shape index (κ2) is 9.52. The van der Waals surface area contributed by atoms with Crippen LogP contribution in [0.5, 0.6) is 0 Å². The van der Waals surface area contributed by atoms with Crippen molar-refractivity contribution in [3.8, 4) is 0 Å². The fourth-order valence-electron chi connectivity index (χ4n) is 3.98. The van der Waals surface area contributed by atoms with Crippen molar-refractivity contribution in [2.24, 2.45) is 5.73 Å². The summed E-state index contributed by atoms with van der Waals surface area (Å²) in [6.45, 7) is 1.12. The number of nitrogens with zero attached hydrogens (tertiary/aromatic N) is 2. The van der Waals surface area contributed by atoms with Gasteiger partial charge in [-0.15, -0.1) is 0 Å². The van der Waals surface area contributed by atoms with E-state index in [4.69, 9.17) is 5.73 Å². The first-order chi connectivity index (χ1) is 14.0. The van der Waals surface area contributed by atoms with Crippen molar-refractivity contribution >= 4 is 17.3 Å². The lowest BCUT2D eigenvalue weighted by molar-refractivity contribution is -0.385. The molecule has 0 aromatic heterocycles. The molecule has 3 rings (SSSR count). The van der Waals surface area contributed by atoms with E-state index in [1.54, 1.807) is 6.07 Å². The van der Waals surface area contributed by atoms with Crippen LogP contribution in [-0.2, 0) is 13.1 Å². The van der Waals surface area contributed by atoms with Gasteiger partial charge in [-0.2, -0.15) is 0 Å². The van der Waals surface area contributed by atoms with Crippen molar-refractivity contribution in [2.75, 3.05) is 12.4 Å². The Kier molecular flexibility index (Phi) is 6.82. The number of nitrogens with two attached hydrogens (primary N) is 1. The van der Waals surface area contributed by atoms with E-state index in [0.29, 0.717) is 18.2 Å². The Morgan fingerprint density at radius 1 is 1.17 bits per heavy atom. The molecular formula is C22H28N4O3. The van der Waals surface area contributed by atoms with Gasteiger partial charge in [0, 0.05) is 42.0 Å². The van der Waals surface area contributed by atoms with Crippen molar-refractivity contribution in [3.63, 3.8) is 0 Å². The third-order valence-electron chi connectivity index (χ3n) is 5.67. The van der Waals surface area contributed by atoms with E-state index < -0.39 is 10.8 Å². The molecule has 1 aliphatic carbocycles. The predicted octanol–water partition coefficient (Wildman–Crippen LogP) is 4.07. The molecule has 1 saturated carbocycles. The predicted molar refractivity (Wildman–Crippen MR) is 114 cm³/mol. The fourth-order valence-corrected chi connectivity index (χ4v) is 3.98. The number of primary amides is 1. The first-order valence-electron chi connectivity index (χ1n) is 10.0. The molecule has 0 aliphatic heterocycles. The minimum Gasteiger partial charge on any atom is -0.380 e. The van der Waals surface area contributed by atoms with Gasteiger partial charge in [-0.25, -0.2) is 0 Å². The van der Waals surface area contributed by atoms with Crippen molar-refractivity contribution in [3.05, 3.63) is 69.3 Å². The van der Waals surface area contributed by atoms with E-state index in [-0.39, 0.29) is 11.3 Å². The van der Waals surface area contributed by atoms with E-state index >= 15 is 0 Å². The fraction of sp³-hybridized carbons (Fsp3) is 0.409. The molecule has 3 N–H and O–H groups in total. The molecule has 0 bridgehead atoms. The van der Waals surface area contributed by atoms with Gasteiger partial charge in [0.25, 0.3) is 5.69 Å². The summed E-state index contributed by atoms with van der Waals surface area (Å²) in [5, 5.41) is 14.7. The number of hydrogen-bond acceptors (Lipinski definition) is 5. The molecule has 1 fully saturated rings. The maximum absolute atomic E-state index is 11.4. The molecule has 0 atom stereocenters. The Morgan fingerprint density at radius 3 is 2.59 bits per heavy atom. The number of amides is 1. The molecule has 0 spiro atoms. The molecule has 7 heteroatoms. The lowest BCUT2D eigenvalue weighted by atomic mass is 9.94. The number of hydrogen-bond donors (Lipinski definition) is 2. The van der Waals surface area contributed by atoms with Crippen LogP contribution in [-0.4, -0.2) is 28.8 Å².